The molecule has 5 heteroatoms. The van der Waals surface area contributed by atoms with E-state index >= 15 is 0 Å². The number of rotatable bonds is 5. The molecule has 0 aromatic heterocycles. The van der Waals surface area contributed by atoms with E-state index in [2.05, 4.69) is 53.1 Å². The van der Waals surface area contributed by atoms with Crippen LogP contribution in [-0.2, 0) is 0 Å². The molecule has 0 bridgehead atoms. The first-order valence-corrected chi connectivity index (χ1v) is 10.0. The van der Waals surface area contributed by atoms with Gasteiger partial charge < -0.3 is 10.6 Å². The Morgan fingerprint density at radius 2 is 1.82 bits per heavy atom. The summed E-state index contributed by atoms with van der Waals surface area (Å²) in [5, 5.41) is 7.15. The fraction of sp³-hybridized carbons (Fsp3) is 0.941. The molecule has 1 saturated carbocycles. The van der Waals surface area contributed by atoms with Crippen molar-refractivity contribution in [3.05, 3.63) is 0 Å². The molecule has 1 atom stereocenters. The van der Waals surface area contributed by atoms with Crippen molar-refractivity contribution in [2.45, 2.75) is 58.0 Å². The van der Waals surface area contributed by atoms with Crippen LogP contribution in [0.1, 0.15) is 46.5 Å². The van der Waals surface area contributed by atoms with Gasteiger partial charge in [-0.1, -0.05) is 26.7 Å². The molecule has 0 aromatic rings. The van der Waals surface area contributed by atoms with Crippen LogP contribution in [-0.4, -0.2) is 60.6 Å². The molecular formula is C17H34N4S. The summed E-state index contributed by atoms with van der Waals surface area (Å²) in [5.41, 5.74) is 0.361. The van der Waals surface area contributed by atoms with Crippen LogP contribution in [0.25, 0.3) is 0 Å². The van der Waals surface area contributed by atoms with Crippen LogP contribution in [0.3, 0.4) is 0 Å². The van der Waals surface area contributed by atoms with Gasteiger partial charge in [0.2, 0.25) is 0 Å². The van der Waals surface area contributed by atoms with E-state index < -0.39 is 0 Å². The number of nitrogens with one attached hydrogen (secondary N) is 2. The smallest absolute Gasteiger partial charge is 0.191 e. The van der Waals surface area contributed by atoms with Gasteiger partial charge in [0.25, 0.3) is 0 Å². The van der Waals surface area contributed by atoms with Gasteiger partial charge in [-0.05, 0) is 25.7 Å². The lowest BCUT2D eigenvalue weighted by Gasteiger charge is -2.44. The van der Waals surface area contributed by atoms with Crippen LogP contribution in [0.5, 0.6) is 0 Å². The van der Waals surface area contributed by atoms with Crippen molar-refractivity contribution < 1.29 is 0 Å². The van der Waals surface area contributed by atoms with E-state index in [1.54, 1.807) is 0 Å². The van der Waals surface area contributed by atoms with Gasteiger partial charge in [-0.2, -0.15) is 11.8 Å². The van der Waals surface area contributed by atoms with Crippen LogP contribution in [0.2, 0.25) is 0 Å². The zero-order valence-electron chi connectivity index (χ0n) is 14.8. The Labute approximate surface area is 140 Å². The maximum absolute atomic E-state index is 4.42. The van der Waals surface area contributed by atoms with Gasteiger partial charge in [0, 0.05) is 49.8 Å². The Hall–Kier alpha value is -0.420. The predicted octanol–water partition coefficient (Wildman–Crippen LogP) is 2.56. The molecule has 4 nitrogen and oxygen atoms in total. The Morgan fingerprint density at radius 3 is 2.36 bits per heavy atom. The molecule has 1 heterocycles. The normalized spacial score (nSPS) is 24.5. The van der Waals surface area contributed by atoms with Gasteiger partial charge in [-0.25, -0.2) is 0 Å². The van der Waals surface area contributed by atoms with Crippen molar-refractivity contribution in [3.8, 4) is 0 Å². The molecule has 1 unspecified atom stereocenters. The van der Waals surface area contributed by atoms with Crippen LogP contribution >= 0.6 is 11.8 Å². The predicted molar refractivity (Wildman–Crippen MR) is 98.9 cm³/mol. The number of aliphatic imine (C=N–C) groups is 1. The van der Waals surface area contributed by atoms with Crippen LogP contribution < -0.4 is 10.6 Å². The summed E-state index contributed by atoms with van der Waals surface area (Å²) in [6.07, 6.45) is 5.42. The molecule has 128 valence electrons. The van der Waals surface area contributed by atoms with Crippen LogP contribution in [0.4, 0.5) is 0 Å². The summed E-state index contributed by atoms with van der Waals surface area (Å²) >= 11 is 2.10. The summed E-state index contributed by atoms with van der Waals surface area (Å²) in [4.78, 5) is 7.17. The van der Waals surface area contributed by atoms with Crippen molar-refractivity contribution in [1.29, 1.82) is 0 Å². The molecule has 1 saturated heterocycles. The third kappa shape index (κ3) is 4.54. The fourth-order valence-electron chi connectivity index (χ4n) is 3.50. The molecule has 22 heavy (non-hydrogen) atoms. The second-order valence-electron chi connectivity index (χ2n) is 7.13. The summed E-state index contributed by atoms with van der Waals surface area (Å²) < 4.78 is 0. The van der Waals surface area contributed by atoms with Gasteiger partial charge in [0.05, 0.1) is 0 Å². The van der Waals surface area contributed by atoms with Gasteiger partial charge in [0.1, 0.15) is 0 Å². The minimum atomic E-state index is 0.361. The molecule has 2 rings (SSSR count). The van der Waals surface area contributed by atoms with E-state index in [9.17, 15) is 0 Å². The lowest BCUT2D eigenvalue weighted by molar-refractivity contribution is 0.107. The van der Waals surface area contributed by atoms with Crippen LogP contribution in [0, 0.1) is 5.92 Å². The highest BCUT2D eigenvalue weighted by Crippen LogP contribution is 2.36. The third-order valence-corrected chi connectivity index (χ3v) is 6.33. The highest BCUT2D eigenvalue weighted by molar-refractivity contribution is 7.99. The first-order valence-electron chi connectivity index (χ1n) is 8.87. The number of nitrogens with zero attached hydrogens (tertiary/aromatic N) is 2. The fourth-order valence-corrected chi connectivity index (χ4v) is 4.40. The van der Waals surface area contributed by atoms with Gasteiger partial charge in [-0.15, -0.1) is 0 Å². The summed E-state index contributed by atoms with van der Waals surface area (Å²) in [7, 11) is 1.88. The molecule has 1 aliphatic carbocycles. The average Bonchev–Trinajstić information content (AvgIpc) is 3.02. The molecule has 0 aromatic carbocycles. The second kappa shape index (κ2) is 8.44. The van der Waals surface area contributed by atoms with E-state index in [1.165, 1.54) is 50.3 Å². The number of hydrogen-bond donors (Lipinski definition) is 2. The lowest BCUT2D eigenvalue weighted by atomic mass is 9.94. The summed E-state index contributed by atoms with van der Waals surface area (Å²) in [5.74, 6) is 4.15. The van der Waals surface area contributed by atoms with Crippen molar-refractivity contribution in [2.24, 2.45) is 10.9 Å². The minimum absolute atomic E-state index is 0.361. The number of thioether (sulfide) groups is 1. The second-order valence-corrected chi connectivity index (χ2v) is 8.36. The largest absolute Gasteiger partial charge is 0.355 e. The van der Waals surface area contributed by atoms with E-state index in [0.717, 1.165) is 12.5 Å². The summed E-state index contributed by atoms with van der Waals surface area (Å²) in [6.45, 7) is 10.2. The van der Waals surface area contributed by atoms with Crippen molar-refractivity contribution in [1.82, 2.24) is 15.5 Å². The topological polar surface area (TPSA) is 39.7 Å². The Kier molecular flexibility index (Phi) is 6.87. The van der Waals surface area contributed by atoms with E-state index in [-0.39, 0.29) is 0 Å². The highest BCUT2D eigenvalue weighted by atomic mass is 32.2. The zero-order chi connectivity index (χ0) is 16.0. The van der Waals surface area contributed by atoms with Crippen molar-refractivity contribution >= 4 is 17.7 Å². The zero-order valence-corrected chi connectivity index (χ0v) is 15.6. The van der Waals surface area contributed by atoms with E-state index in [1.807, 2.05) is 7.05 Å². The van der Waals surface area contributed by atoms with Gasteiger partial charge >= 0.3 is 0 Å². The van der Waals surface area contributed by atoms with Crippen molar-refractivity contribution in [2.75, 3.05) is 38.2 Å². The van der Waals surface area contributed by atoms with E-state index in [0.29, 0.717) is 17.5 Å². The quantitative estimate of drug-likeness (QED) is 0.602. The standard InChI is InChI=1S/C17H34N4S/c1-14(2)15(3)20-16(18-4)19-13-17(7-5-6-8-17)21-9-11-22-12-10-21/h14-15H,5-13H2,1-4H3,(H2,18,19,20). The Bertz CT molecular complexity index is 358. The lowest BCUT2D eigenvalue weighted by Crippen LogP contribution is -2.58. The Balaban J connectivity index is 1.93. The molecular weight excluding hydrogens is 292 g/mol. The molecule has 0 radical (unpaired) electrons. The maximum atomic E-state index is 4.42. The molecule has 2 fully saturated rings. The molecule has 0 spiro atoms. The monoisotopic (exact) mass is 326 g/mol. The highest BCUT2D eigenvalue weighted by Gasteiger charge is 2.40. The first kappa shape index (κ1) is 17.9. The summed E-state index contributed by atoms with van der Waals surface area (Å²) in [6, 6.07) is 0.442. The number of hydrogen-bond acceptors (Lipinski definition) is 3. The Morgan fingerprint density at radius 1 is 1.18 bits per heavy atom. The number of guanidine groups is 1. The van der Waals surface area contributed by atoms with Crippen LogP contribution in [0.15, 0.2) is 4.99 Å². The molecule has 2 aliphatic rings. The average molecular weight is 327 g/mol. The molecule has 2 N–H and O–H groups in total. The molecule has 1 aliphatic heterocycles. The SMILES string of the molecule is CN=C(NCC1(N2CCSCC2)CCCC1)NC(C)C(C)C. The van der Waals surface area contributed by atoms with Gasteiger partial charge in [0.15, 0.2) is 5.96 Å². The van der Waals surface area contributed by atoms with Gasteiger partial charge in [-0.3, -0.25) is 9.89 Å². The minimum Gasteiger partial charge on any atom is -0.355 e. The molecule has 0 amide bonds. The van der Waals surface area contributed by atoms with E-state index in [4.69, 9.17) is 0 Å². The van der Waals surface area contributed by atoms with Crippen molar-refractivity contribution in [3.63, 3.8) is 0 Å². The maximum Gasteiger partial charge on any atom is 0.191 e. The first-order chi connectivity index (χ1) is 10.6. The third-order valence-electron chi connectivity index (χ3n) is 5.39.